The van der Waals surface area contributed by atoms with Gasteiger partial charge in [0.05, 0.1) is 5.02 Å². The Hall–Kier alpha value is -1.91. The van der Waals surface area contributed by atoms with E-state index >= 15 is 0 Å². The molecule has 5 heteroatoms. The normalized spacial score (nSPS) is 13.7. The van der Waals surface area contributed by atoms with Crippen LogP contribution in [0, 0.1) is 5.82 Å². The third kappa shape index (κ3) is 3.80. The maximum absolute atomic E-state index is 13.2. The van der Waals surface area contributed by atoms with E-state index < -0.39 is 17.8 Å². The van der Waals surface area contributed by atoms with Crippen LogP contribution in [0.5, 0.6) is 0 Å². The molecule has 110 valence electrons. The molecule has 0 heterocycles. The second-order valence-corrected chi connectivity index (χ2v) is 5.15. The third-order valence-electron chi connectivity index (χ3n) is 3.24. The van der Waals surface area contributed by atoms with Gasteiger partial charge in [-0.2, -0.15) is 0 Å². The molecule has 2 rings (SSSR count). The van der Waals surface area contributed by atoms with Crippen molar-refractivity contribution in [3.05, 3.63) is 70.5 Å². The zero-order valence-electron chi connectivity index (χ0n) is 11.4. The predicted octanol–water partition coefficient (Wildman–Crippen LogP) is 3.96. The molecule has 0 amide bonds. The van der Waals surface area contributed by atoms with Crippen LogP contribution < -0.4 is 5.32 Å². The second-order valence-electron chi connectivity index (χ2n) is 4.74. The molecule has 0 aliphatic carbocycles. The highest BCUT2D eigenvalue weighted by Gasteiger charge is 2.22. The van der Waals surface area contributed by atoms with E-state index in [1.54, 1.807) is 30.3 Å². The monoisotopic (exact) mass is 307 g/mol. The van der Waals surface area contributed by atoms with Gasteiger partial charge in [0, 0.05) is 6.04 Å². The fraction of sp³-hybridized carbons (Fsp3) is 0.188. The SMILES string of the molecule is CC(NC(C(=O)O)c1ccccc1)c1ccc(F)c(Cl)c1. The molecule has 3 nitrogen and oxygen atoms in total. The zero-order valence-corrected chi connectivity index (χ0v) is 12.1. The molecule has 0 aromatic heterocycles. The fourth-order valence-corrected chi connectivity index (χ4v) is 2.27. The van der Waals surface area contributed by atoms with Gasteiger partial charge in [0.15, 0.2) is 0 Å². The summed E-state index contributed by atoms with van der Waals surface area (Å²) in [4.78, 5) is 11.4. The zero-order chi connectivity index (χ0) is 15.4. The Kier molecular flexibility index (Phi) is 4.94. The summed E-state index contributed by atoms with van der Waals surface area (Å²) < 4.78 is 13.2. The lowest BCUT2D eigenvalue weighted by Crippen LogP contribution is -2.30. The second kappa shape index (κ2) is 6.70. The van der Waals surface area contributed by atoms with Crippen LogP contribution in [0.25, 0.3) is 0 Å². The van der Waals surface area contributed by atoms with Crippen LogP contribution in [0.2, 0.25) is 5.02 Å². The lowest BCUT2D eigenvalue weighted by molar-refractivity contribution is -0.139. The van der Waals surface area contributed by atoms with E-state index in [1.807, 2.05) is 13.0 Å². The first kappa shape index (κ1) is 15.5. The molecule has 2 unspecified atom stereocenters. The van der Waals surface area contributed by atoms with Crippen LogP contribution in [0.1, 0.15) is 30.1 Å². The lowest BCUT2D eigenvalue weighted by Gasteiger charge is -2.21. The van der Waals surface area contributed by atoms with Crippen LogP contribution in [0.3, 0.4) is 0 Å². The van der Waals surface area contributed by atoms with Gasteiger partial charge < -0.3 is 5.11 Å². The van der Waals surface area contributed by atoms with Crippen LogP contribution >= 0.6 is 11.6 Å². The maximum atomic E-state index is 13.2. The number of rotatable bonds is 5. The van der Waals surface area contributed by atoms with Gasteiger partial charge in [-0.15, -0.1) is 0 Å². The van der Waals surface area contributed by atoms with E-state index in [0.29, 0.717) is 5.56 Å². The summed E-state index contributed by atoms with van der Waals surface area (Å²) >= 11 is 5.75. The summed E-state index contributed by atoms with van der Waals surface area (Å²) in [6.45, 7) is 1.81. The molecule has 0 saturated carbocycles. The van der Waals surface area contributed by atoms with Crippen LogP contribution in [0.4, 0.5) is 4.39 Å². The van der Waals surface area contributed by atoms with Gasteiger partial charge in [-0.1, -0.05) is 48.0 Å². The summed E-state index contributed by atoms with van der Waals surface area (Å²) in [6, 6.07) is 12.1. The summed E-state index contributed by atoms with van der Waals surface area (Å²) in [5, 5.41) is 12.4. The summed E-state index contributed by atoms with van der Waals surface area (Å²) in [5.41, 5.74) is 1.38. The average Bonchev–Trinajstić information content (AvgIpc) is 2.48. The molecule has 0 radical (unpaired) electrons. The minimum absolute atomic E-state index is 0.0211. The number of hydrogen-bond acceptors (Lipinski definition) is 2. The Labute approximate surface area is 127 Å². The summed E-state index contributed by atoms with van der Waals surface area (Å²) in [5.74, 6) is -1.47. The van der Waals surface area contributed by atoms with Crippen molar-refractivity contribution in [2.24, 2.45) is 0 Å². The number of aliphatic carboxylic acids is 1. The molecule has 0 aliphatic heterocycles. The molecular weight excluding hydrogens is 293 g/mol. The molecule has 2 aromatic carbocycles. The first-order valence-corrected chi connectivity index (χ1v) is 6.85. The van der Waals surface area contributed by atoms with Crippen molar-refractivity contribution in [3.63, 3.8) is 0 Å². The summed E-state index contributed by atoms with van der Waals surface area (Å²) in [7, 11) is 0. The Morgan fingerprint density at radius 1 is 1.19 bits per heavy atom. The van der Waals surface area contributed by atoms with Crippen molar-refractivity contribution in [1.29, 1.82) is 0 Å². The first-order valence-electron chi connectivity index (χ1n) is 6.48. The van der Waals surface area contributed by atoms with Gasteiger partial charge in [0.1, 0.15) is 11.9 Å². The Bertz CT molecular complexity index is 633. The van der Waals surface area contributed by atoms with Gasteiger partial charge in [-0.25, -0.2) is 4.39 Å². The molecule has 2 aromatic rings. The minimum Gasteiger partial charge on any atom is -0.480 e. The largest absolute Gasteiger partial charge is 0.480 e. The molecule has 0 saturated heterocycles. The van der Waals surface area contributed by atoms with E-state index in [4.69, 9.17) is 11.6 Å². The first-order chi connectivity index (χ1) is 9.99. The van der Waals surface area contributed by atoms with Crippen molar-refractivity contribution < 1.29 is 14.3 Å². The van der Waals surface area contributed by atoms with Crippen molar-refractivity contribution in [3.8, 4) is 0 Å². The van der Waals surface area contributed by atoms with Gasteiger partial charge in [-0.3, -0.25) is 10.1 Å². The average molecular weight is 308 g/mol. The van der Waals surface area contributed by atoms with Gasteiger partial charge >= 0.3 is 5.97 Å². The number of benzene rings is 2. The fourth-order valence-electron chi connectivity index (χ4n) is 2.08. The van der Waals surface area contributed by atoms with Crippen LogP contribution in [-0.4, -0.2) is 11.1 Å². The number of halogens is 2. The van der Waals surface area contributed by atoms with Gasteiger partial charge in [0.2, 0.25) is 0 Å². The molecule has 21 heavy (non-hydrogen) atoms. The molecule has 0 aliphatic rings. The van der Waals surface area contributed by atoms with E-state index in [-0.39, 0.29) is 11.1 Å². The molecule has 0 fully saturated rings. The third-order valence-corrected chi connectivity index (χ3v) is 3.53. The highest BCUT2D eigenvalue weighted by atomic mass is 35.5. The molecule has 2 atom stereocenters. The highest BCUT2D eigenvalue weighted by Crippen LogP contribution is 2.23. The maximum Gasteiger partial charge on any atom is 0.325 e. The quantitative estimate of drug-likeness (QED) is 0.879. The topological polar surface area (TPSA) is 49.3 Å². The number of carboxylic acid groups (broad SMARTS) is 1. The van der Waals surface area contributed by atoms with E-state index in [0.717, 1.165) is 5.56 Å². The molecule has 2 N–H and O–H groups in total. The predicted molar refractivity (Wildman–Crippen MR) is 79.8 cm³/mol. The molecular formula is C16H15ClFNO2. The van der Waals surface area contributed by atoms with Crippen molar-refractivity contribution in [2.45, 2.75) is 19.0 Å². The minimum atomic E-state index is -0.971. The van der Waals surface area contributed by atoms with E-state index in [1.165, 1.54) is 12.1 Å². The Morgan fingerprint density at radius 3 is 2.43 bits per heavy atom. The van der Waals surface area contributed by atoms with E-state index in [2.05, 4.69) is 5.32 Å². The summed E-state index contributed by atoms with van der Waals surface area (Å²) in [6.07, 6.45) is 0. The van der Waals surface area contributed by atoms with Crippen molar-refractivity contribution in [1.82, 2.24) is 5.32 Å². The van der Waals surface area contributed by atoms with Crippen molar-refractivity contribution in [2.75, 3.05) is 0 Å². The van der Waals surface area contributed by atoms with Gasteiger partial charge in [0.25, 0.3) is 0 Å². The number of carbonyl (C=O) groups is 1. The van der Waals surface area contributed by atoms with E-state index in [9.17, 15) is 14.3 Å². The number of hydrogen-bond donors (Lipinski definition) is 2. The number of carboxylic acids is 1. The Morgan fingerprint density at radius 2 is 1.86 bits per heavy atom. The number of nitrogens with one attached hydrogen (secondary N) is 1. The van der Waals surface area contributed by atoms with Crippen molar-refractivity contribution >= 4 is 17.6 Å². The van der Waals surface area contributed by atoms with Crippen LogP contribution in [0.15, 0.2) is 48.5 Å². The lowest BCUT2D eigenvalue weighted by atomic mass is 10.0. The standard InChI is InChI=1S/C16H15ClFNO2/c1-10(12-7-8-14(18)13(17)9-12)19-15(16(20)21)11-5-3-2-4-6-11/h2-10,15,19H,1H3,(H,20,21). The van der Waals surface area contributed by atoms with Gasteiger partial charge in [-0.05, 0) is 30.2 Å². The molecule has 0 bridgehead atoms. The highest BCUT2D eigenvalue weighted by molar-refractivity contribution is 6.30. The molecule has 0 spiro atoms. The Balaban J connectivity index is 2.20. The van der Waals surface area contributed by atoms with Crippen LogP contribution in [-0.2, 0) is 4.79 Å². The smallest absolute Gasteiger partial charge is 0.325 e.